The molecule has 2 aromatic carbocycles. The molecule has 0 amide bonds. The molecule has 2 rings (SSSR count). The molecule has 2 nitrogen and oxygen atoms in total. The minimum Gasteiger partial charge on any atom is -0.503 e. The molecule has 0 radical (unpaired) electrons. The van der Waals surface area contributed by atoms with Crippen LogP contribution in [0.5, 0.6) is 11.5 Å². The Morgan fingerprint density at radius 3 is 1.90 bits per heavy atom. The van der Waals surface area contributed by atoms with Crippen LogP contribution < -0.4 is 0 Å². The van der Waals surface area contributed by atoms with Gasteiger partial charge in [0.1, 0.15) is 5.02 Å². The van der Waals surface area contributed by atoms with E-state index in [0.29, 0.717) is 9.92 Å². The third kappa shape index (κ3) is 3.25. The van der Waals surface area contributed by atoms with Gasteiger partial charge in [0.2, 0.25) is 0 Å². The largest absolute Gasteiger partial charge is 0.503 e. The number of benzene rings is 2. The van der Waals surface area contributed by atoms with Gasteiger partial charge in [-0.25, -0.2) is 0 Å². The lowest BCUT2D eigenvalue weighted by Gasteiger charge is -2.13. The summed E-state index contributed by atoms with van der Waals surface area (Å²) in [5.41, 5.74) is 0. The summed E-state index contributed by atoms with van der Waals surface area (Å²) in [6, 6.07) is 3.14. The summed E-state index contributed by atoms with van der Waals surface area (Å²) in [4.78, 5) is 0.574. The van der Waals surface area contributed by atoms with Gasteiger partial charge in [-0.1, -0.05) is 81.4 Å². The van der Waals surface area contributed by atoms with Crippen LogP contribution in [-0.4, -0.2) is 10.2 Å². The lowest BCUT2D eigenvalue weighted by atomic mass is 10.3. The highest BCUT2D eigenvalue weighted by molar-refractivity contribution is 7.99. The van der Waals surface area contributed by atoms with Gasteiger partial charge in [0.05, 0.1) is 30.0 Å². The standard InChI is InChI=1S/C12H4Cl6O2S/c13-3-1-2-4(6(15)5(3)14)21-12-9(18)7(16)8(17)10(19)11(12)20/h1-2,19-20H. The second-order valence-electron chi connectivity index (χ2n) is 3.74. The van der Waals surface area contributed by atoms with Crippen molar-refractivity contribution in [3.8, 4) is 11.5 Å². The summed E-state index contributed by atoms with van der Waals surface area (Å²) in [7, 11) is 0. The Morgan fingerprint density at radius 2 is 1.29 bits per heavy atom. The van der Waals surface area contributed by atoms with Crippen LogP contribution in [0.3, 0.4) is 0 Å². The molecule has 112 valence electrons. The van der Waals surface area contributed by atoms with Crippen molar-refractivity contribution in [2.24, 2.45) is 0 Å². The number of aromatic hydroxyl groups is 2. The molecule has 0 fully saturated rings. The van der Waals surface area contributed by atoms with Crippen molar-refractivity contribution in [1.29, 1.82) is 0 Å². The molecule has 0 aliphatic heterocycles. The van der Waals surface area contributed by atoms with Crippen LogP contribution in [0.15, 0.2) is 21.9 Å². The number of phenolic OH excluding ortho intramolecular Hbond substituents is 2. The third-order valence-corrected chi connectivity index (χ3v) is 6.44. The summed E-state index contributed by atoms with van der Waals surface area (Å²) < 4.78 is 0. The summed E-state index contributed by atoms with van der Waals surface area (Å²) >= 11 is 36.5. The molecule has 9 heteroatoms. The van der Waals surface area contributed by atoms with Gasteiger partial charge in [-0.3, -0.25) is 0 Å². The molecule has 0 aliphatic carbocycles. The molecule has 0 aromatic heterocycles. The van der Waals surface area contributed by atoms with Crippen molar-refractivity contribution < 1.29 is 10.2 Å². The Labute approximate surface area is 154 Å². The van der Waals surface area contributed by atoms with Gasteiger partial charge in [0.15, 0.2) is 11.5 Å². The number of hydrogen-bond acceptors (Lipinski definition) is 3. The molecule has 0 bridgehead atoms. The van der Waals surface area contributed by atoms with Gasteiger partial charge in [-0.05, 0) is 12.1 Å². The zero-order valence-electron chi connectivity index (χ0n) is 9.73. The summed E-state index contributed by atoms with van der Waals surface area (Å²) in [5.74, 6) is -1.06. The van der Waals surface area contributed by atoms with E-state index in [-0.39, 0.29) is 30.0 Å². The zero-order valence-corrected chi connectivity index (χ0v) is 15.1. The maximum atomic E-state index is 9.96. The predicted octanol–water partition coefficient (Wildman–Crippen LogP) is 7.17. The molecule has 0 spiro atoms. The molecule has 0 atom stereocenters. The molecule has 0 aliphatic rings. The highest BCUT2D eigenvalue weighted by Gasteiger charge is 2.22. The second-order valence-corrected chi connectivity index (χ2v) is 7.09. The first kappa shape index (κ1) is 17.5. The monoisotopic (exact) mass is 422 g/mol. The van der Waals surface area contributed by atoms with Crippen molar-refractivity contribution in [3.63, 3.8) is 0 Å². The van der Waals surface area contributed by atoms with E-state index < -0.39 is 11.5 Å². The van der Waals surface area contributed by atoms with Crippen molar-refractivity contribution in [2.45, 2.75) is 9.79 Å². The minimum atomic E-state index is -0.565. The lowest BCUT2D eigenvalue weighted by Crippen LogP contribution is -1.84. The number of hydrogen-bond donors (Lipinski definition) is 2. The van der Waals surface area contributed by atoms with E-state index >= 15 is 0 Å². The molecular weight excluding hydrogens is 421 g/mol. The van der Waals surface area contributed by atoms with Gasteiger partial charge in [0.25, 0.3) is 0 Å². The van der Waals surface area contributed by atoms with Gasteiger partial charge >= 0.3 is 0 Å². The quantitative estimate of drug-likeness (QED) is 0.396. The first-order valence-electron chi connectivity index (χ1n) is 5.15. The van der Waals surface area contributed by atoms with Crippen molar-refractivity contribution >= 4 is 81.4 Å². The highest BCUT2D eigenvalue weighted by atomic mass is 35.5. The first-order valence-corrected chi connectivity index (χ1v) is 8.23. The van der Waals surface area contributed by atoms with Crippen molar-refractivity contribution in [1.82, 2.24) is 0 Å². The maximum Gasteiger partial charge on any atom is 0.179 e. The van der Waals surface area contributed by atoms with E-state index in [1.54, 1.807) is 12.1 Å². The maximum absolute atomic E-state index is 9.96. The molecule has 21 heavy (non-hydrogen) atoms. The first-order chi connectivity index (χ1) is 9.75. The van der Waals surface area contributed by atoms with Crippen LogP contribution in [0.2, 0.25) is 30.1 Å². The second kappa shape index (κ2) is 6.71. The zero-order chi connectivity index (χ0) is 15.9. The van der Waals surface area contributed by atoms with E-state index in [9.17, 15) is 10.2 Å². The van der Waals surface area contributed by atoms with Crippen molar-refractivity contribution in [2.75, 3.05) is 0 Å². The van der Waals surface area contributed by atoms with E-state index in [1.165, 1.54) is 0 Å². The number of rotatable bonds is 2. The van der Waals surface area contributed by atoms with E-state index in [2.05, 4.69) is 0 Å². The molecular formula is C12H4Cl6O2S. The van der Waals surface area contributed by atoms with Gasteiger partial charge in [0, 0.05) is 4.90 Å². The van der Waals surface area contributed by atoms with Crippen LogP contribution in [0.1, 0.15) is 0 Å². The fourth-order valence-corrected chi connectivity index (χ4v) is 3.82. The fourth-order valence-electron chi connectivity index (χ4n) is 1.41. The van der Waals surface area contributed by atoms with Crippen molar-refractivity contribution in [3.05, 3.63) is 42.3 Å². The molecule has 2 N–H and O–H groups in total. The summed E-state index contributed by atoms with van der Waals surface area (Å²) in [5, 5.41) is 20.0. The number of phenols is 2. The predicted molar refractivity (Wildman–Crippen MR) is 90.4 cm³/mol. The van der Waals surface area contributed by atoms with Crippen LogP contribution >= 0.6 is 81.4 Å². The highest BCUT2D eigenvalue weighted by Crippen LogP contribution is 2.53. The van der Waals surface area contributed by atoms with E-state index in [1.807, 2.05) is 0 Å². The smallest absolute Gasteiger partial charge is 0.179 e. The van der Waals surface area contributed by atoms with E-state index in [4.69, 9.17) is 69.6 Å². The van der Waals surface area contributed by atoms with E-state index in [0.717, 1.165) is 11.8 Å². The number of halogens is 6. The van der Waals surface area contributed by atoms with Crippen LogP contribution in [0, 0.1) is 0 Å². The molecule has 2 aromatic rings. The topological polar surface area (TPSA) is 40.5 Å². The lowest BCUT2D eigenvalue weighted by molar-refractivity contribution is 0.395. The Morgan fingerprint density at radius 1 is 0.667 bits per heavy atom. The van der Waals surface area contributed by atoms with Crippen LogP contribution in [0.4, 0.5) is 0 Å². The Kier molecular flexibility index (Phi) is 5.59. The van der Waals surface area contributed by atoms with Crippen LogP contribution in [0.25, 0.3) is 0 Å². The molecule has 0 unspecified atom stereocenters. The van der Waals surface area contributed by atoms with Gasteiger partial charge in [-0.2, -0.15) is 0 Å². The average Bonchev–Trinajstić information content (AvgIpc) is 2.47. The Balaban J connectivity index is 2.58. The molecule has 0 saturated carbocycles. The van der Waals surface area contributed by atoms with Crippen LogP contribution in [-0.2, 0) is 0 Å². The fraction of sp³-hybridized carbons (Fsp3) is 0. The summed E-state index contributed by atoms with van der Waals surface area (Å²) in [6.45, 7) is 0. The molecule has 0 saturated heterocycles. The van der Waals surface area contributed by atoms with Gasteiger partial charge < -0.3 is 10.2 Å². The summed E-state index contributed by atoms with van der Waals surface area (Å²) in [6.07, 6.45) is 0. The minimum absolute atomic E-state index is 0.0101. The Bertz CT molecular complexity index is 705. The average molecular weight is 425 g/mol. The van der Waals surface area contributed by atoms with Gasteiger partial charge in [-0.15, -0.1) is 0 Å². The third-order valence-electron chi connectivity index (χ3n) is 2.44. The SMILES string of the molecule is Oc1c(O)c(Sc2ccc(Cl)c(Cl)c2Cl)c(Cl)c(Cl)c1Cl. The normalized spacial score (nSPS) is 11.0. The Hall–Kier alpha value is 0.130. The molecule has 0 heterocycles.